The molecule has 2 aromatic rings. The van der Waals surface area contributed by atoms with Crippen LogP contribution in [0.1, 0.15) is 29.9 Å². The fourth-order valence-electron chi connectivity index (χ4n) is 2.88. The molecule has 108 valence electrons. The summed E-state index contributed by atoms with van der Waals surface area (Å²) in [7, 11) is -1.52. The van der Waals surface area contributed by atoms with E-state index in [1.165, 1.54) is 23.7 Å². The molecule has 1 aliphatic rings. The number of fused-ring (bicyclic) bond motifs is 1. The molecule has 3 rings (SSSR count). The summed E-state index contributed by atoms with van der Waals surface area (Å²) in [5.74, 6) is 0.960. The van der Waals surface area contributed by atoms with E-state index in [9.17, 15) is 0 Å². The fourth-order valence-corrected chi connectivity index (χ4v) is 2.88. The van der Waals surface area contributed by atoms with Crippen molar-refractivity contribution in [3.05, 3.63) is 53.9 Å². The van der Waals surface area contributed by atoms with Crippen LogP contribution in [0, 0.1) is 0 Å². The first-order chi connectivity index (χ1) is 10.2. The zero-order valence-electron chi connectivity index (χ0n) is 11.8. The number of aromatic nitrogens is 1. The topological polar surface area (TPSA) is 62.6 Å². The number of aryl methyl sites for hydroxylation is 1. The molecule has 0 bridgehead atoms. The molecule has 0 fully saturated rings. The molecular formula is C16H18BNO3. The Morgan fingerprint density at radius 2 is 2.10 bits per heavy atom. The molecule has 1 aromatic heterocycles. The number of hydrogen-bond acceptors (Lipinski definition) is 4. The highest BCUT2D eigenvalue weighted by Crippen LogP contribution is 2.31. The van der Waals surface area contributed by atoms with Crippen molar-refractivity contribution < 1.29 is 14.8 Å². The Kier molecular flexibility index (Phi) is 4.22. The largest absolute Gasteiger partial charge is 0.491 e. The van der Waals surface area contributed by atoms with E-state index in [4.69, 9.17) is 14.8 Å². The molecule has 0 spiro atoms. The zero-order chi connectivity index (χ0) is 14.7. The summed E-state index contributed by atoms with van der Waals surface area (Å²) in [6.45, 7) is 0.587. The van der Waals surface area contributed by atoms with Gasteiger partial charge in [-0.3, -0.25) is 4.98 Å². The zero-order valence-corrected chi connectivity index (χ0v) is 11.8. The standard InChI is InChI=1S/C16H18BNO3/c19-17(20)14-8-15(10-18-9-14)21-11-13-6-3-5-12-4-1-2-7-16(12)13/h1-2,4,7-10,13,19-20H,3,5-6,11H2. The Labute approximate surface area is 124 Å². The minimum absolute atomic E-state index is 0.344. The molecule has 1 aliphatic carbocycles. The van der Waals surface area contributed by atoms with Gasteiger partial charge in [-0.05, 0) is 36.5 Å². The van der Waals surface area contributed by atoms with Gasteiger partial charge in [-0.1, -0.05) is 24.3 Å². The summed E-state index contributed by atoms with van der Waals surface area (Å²) >= 11 is 0. The van der Waals surface area contributed by atoms with Crippen LogP contribution in [0.4, 0.5) is 0 Å². The monoisotopic (exact) mass is 283 g/mol. The maximum Gasteiger partial charge on any atom is 0.490 e. The average molecular weight is 283 g/mol. The van der Waals surface area contributed by atoms with Gasteiger partial charge in [0.25, 0.3) is 0 Å². The molecule has 5 heteroatoms. The number of nitrogens with zero attached hydrogens (tertiary/aromatic N) is 1. The number of pyridine rings is 1. The number of benzene rings is 1. The van der Waals surface area contributed by atoms with Crippen LogP contribution >= 0.6 is 0 Å². The minimum atomic E-state index is -1.52. The van der Waals surface area contributed by atoms with E-state index >= 15 is 0 Å². The fraction of sp³-hybridized carbons (Fsp3) is 0.312. The van der Waals surface area contributed by atoms with Crippen molar-refractivity contribution in [3.63, 3.8) is 0 Å². The van der Waals surface area contributed by atoms with Gasteiger partial charge >= 0.3 is 7.12 Å². The van der Waals surface area contributed by atoms with Gasteiger partial charge in [-0.15, -0.1) is 0 Å². The third-order valence-electron chi connectivity index (χ3n) is 3.98. The second-order valence-electron chi connectivity index (χ2n) is 5.43. The Morgan fingerprint density at radius 3 is 2.95 bits per heavy atom. The van der Waals surface area contributed by atoms with E-state index < -0.39 is 7.12 Å². The molecule has 1 heterocycles. The molecule has 0 aliphatic heterocycles. The van der Waals surface area contributed by atoms with Gasteiger partial charge in [0, 0.05) is 17.6 Å². The van der Waals surface area contributed by atoms with E-state index in [1.54, 1.807) is 12.3 Å². The molecule has 1 atom stereocenters. The Balaban J connectivity index is 1.70. The van der Waals surface area contributed by atoms with Crippen molar-refractivity contribution in [2.75, 3.05) is 6.61 Å². The summed E-state index contributed by atoms with van der Waals surface area (Å²) in [4.78, 5) is 3.97. The van der Waals surface area contributed by atoms with E-state index in [2.05, 4.69) is 29.2 Å². The predicted molar refractivity (Wildman–Crippen MR) is 81.7 cm³/mol. The van der Waals surface area contributed by atoms with Gasteiger partial charge in [-0.25, -0.2) is 0 Å². The van der Waals surface area contributed by atoms with Gasteiger partial charge in [0.1, 0.15) is 5.75 Å². The lowest BCUT2D eigenvalue weighted by Crippen LogP contribution is -2.30. The lowest BCUT2D eigenvalue weighted by Gasteiger charge is -2.25. The SMILES string of the molecule is OB(O)c1cncc(OCC2CCCc3ccccc32)c1. The molecule has 0 amide bonds. The minimum Gasteiger partial charge on any atom is -0.491 e. The van der Waals surface area contributed by atoms with Crippen LogP contribution in [-0.4, -0.2) is 28.8 Å². The Bertz CT molecular complexity index is 618. The lowest BCUT2D eigenvalue weighted by atomic mass is 9.81. The molecule has 0 radical (unpaired) electrons. The predicted octanol–water partition coefficient (Wildman–Crippen LogP) is 1.26. The number of hydrogen-bond donors (Lipinski definition) is 2. The number of ether oxygens (including phenoxy) is 1. The van der Waals surface area contributed by atoms with Crippen LogP contribution in [0.2, 0.25) is 0 Å². The third kappa shape index (κ3) is 3.25. The van der Waals surface area contributed by atoms with E-state index in [0.29, 0.717) is 23.7 Å². The van der Waals surface area contributed by atoms with Crippen molar-refractivity contribution >= 4 is 12.6 Å². The summed E-state index contributed by atoms with van der Waals surface area (Å²) in [5, 5.41) is 18.3. The first kappa shape index (κ1) is 14.1. The van der Waals surface area contributed by atoms with Crippen LogP contribution in [0.15, 0.2) is 42.7 Å². The molecule has 1 aromatic carbocycles. The normalized spacial score (nSPS) is 17.1. The maximum atomic E-state index is 9.16. The molecule has 1 unspecified atom stereocenters. The summed E-state index contributed by atoms with van der Waals surface area (Å²) in [6.07, 6.45) is 6.46. The van der Waals surface area contributed by atoms with Crippen LogP contribution in [0.3, 0.4) is 0 Å². The maximum absolute atomic E-state index is 9.16. The van der Waals surface area contributed by atoms with Crippen LogP contribution in [-0.2, 0) is 6.42 Å². The molecule has 0 saturated heterocycles. The number of rotatable bonds is 4. The second-order valence-corrected chi connectivity index (χ2v) is 5.43. The molecular weight excluding hydrogens is 265 g/mol. The van der Waals surface area contributed by atoms with Gasteiger partial charge in [0.05, 0.1) is 12.8 Å². The third-order valence-corrected chi connectivity index (χ3v) is 3.98. The summed E-state index contributed by atoms with van der Waals surface area (Å²) < 4.78 is 5.81. The van der Waals surface area contributed by atoms with Crippen molar-refractivity contribution in [2.24, 2.45) is 0 Å². The second kappa shape index (κ2) is 6.29. The highest BCUT2D eigenvalue weighted by atomic mass is 16.5. The summed E-state index contributed by atoms with van der Waals surface area (Å²) in [5.41, 5.74) is 3.13. The Morgan fingerprint density at radius 1 is 1.24 bits per heavy atom. The summed E-state index contributed by atoms with van der Waals surface area (Å²) in [6, 6.07) is 10.1. The van der Waals surface area contributed by atoms with Crippen LogP contribution in [0.5, 0.6) is 5.75 Å². The van der Waals surface area contributed by atoms with Crippen molar-refractivity contribution in [1.29, 1.82) is 0 Å². The molecule has 4 nitrogen and oxygen atoms in total. The first-order valence-electron chi connectivity index (χ1n) is 7.26. The quantitative estimate of drug-likeness (QED) is 0.829. The smallest absolute Gasteiger partial charge is 0.490 e. The van der Waals surface area contributed by atoms with Crippen LogP contribution in [0.25, 0.3) is 0 Å². The first-order valence-corrected chi connectivity index (χ1v) is 7.26. The van der Waals surface area contributed by atoms with Gasteiger partial charge in [-0.2, -0.15) is 0 Å². The van der Waals surface area contributed by atoms with Crippen molar-refractivity contribution in [3.8, 4) is 5.75 Å². The van der Waals surface area contributed by atoms with Gasteiger partial charge in [0.2, 0.25) is 0 Å². The molecule has 2 N–H and O–H groups in total. The van der Waals surface area contributed by atoms with E-state index in [1.807, 2.05) is 0 Å². The highest BCUT2D eigenvalue weighted by Gasteiger charge is 2.20. The van der Waals surface area contributed by atoms with E-state index in [-0.39, 0.29) is 0 Å². The van der Waals surface area contributed by atoms with E-state index in [0.717, 1.165) is 12.8 Å². The van der Waals surface area contributed by atoms with Crippen LogP contribution < -0.4 is 10.2 Å². The average Bonchev–Trinajstić information content (AvgIpc) is 2.53. The van der Waals surface area contributed by atoms with Gasteiger partial charge in [0.15, 0.2) is 0 Å². The Hall–Kier alpha value is -1.85. The molecule has 21 heavy (non-hydrogen) atoms. The highest BCUT2D eigenvalue weighted by molar-refractivity contribution is 6.58. The lowest BCUT2D eigenvalue weighted by molar-refractivity contribution is 0.274. The molecule has 0 saturated carbocycles. The van der Waals surface area contributed by atoms with Crippen molar-refractivity contribution in [2.45, 2.75) is 25.2 Å². The van der Waals surface area contributed by atoms with Crippen molar-refractivity contribution in [1.82, 2.24) is 4.98 Å². The van der Waals surface area contributed by atoms with Gasteiger partial charge < -0.3 is 14.8 Å².